The summed E-state index contributed by atoms with van der Waals surface area (Å²) in [5.41, 5.74) is 0.325. The van der Waals surface area contributed by atoms with E-state index in [2.05, 4.69) is 45.0 Å². The Hall–Kier alpha value is -0.0800. The van der Waals surface area contributed by atoms with Gasteiger partial charge in [-0.25, -0.2) is 0 Å². The Morgan fingerprint density at radius 2 is 1.92 bits per heavy atom. The maximum atomic E-state index is 3.25. The number of rotatable bonds is 5. The van der Waals surface area contributed by atoms with E-state index in [0.29, 0.717) is 11.6 Å². The summed E-state index contributed by atoms with van der Waals surface area (Å²) in [6.07, 6.45) is 1.19. The molecule has 0 saturated heterocycles. The molecule has 0 fully saturated rings. The van der Waals surface area contributed by atoms with Crippen LogP contribution in [0.3, 0.4) is 0 Å². The maximum Gasteiger partial charge on any atom is 0.0163 e. The standard InChI is InChI=1S/C10H24N2/c1-7-10(3,4)12(6)8-9(2)11-5/h9,11H,7-8H2,1-6H3. The SMILES string of the molecule is CCC(C)(C)N(C)CC(C)NC. The number of hydrogen-bond acceptors (Lipinski definition) is 2. The highest BCUT2D eigenvalue weighted by atomic mass is 15.2. The molecule has 0 aromatic rings. The molecule has 0 radical (unpaired) electrons. The van der Waals surface area contributed by atoms with Crippen LogP contribution in [0.1, 0.15) is 34.1 Å². The zero-order valence-corrected chi connectivity index (χ0v) is 9.44. The first-order chi connectivity index (χ1) is 5.44. The number of likely N-dealkylation sites (N-methyl/N-ethyl adjacent to an activating group) is 2. The molecular formula is C10H24N2. The fraction of sp³-hybridized carbons (Fsp3) is 1.00. The molecule has 74 valence electrons. The molecule has 0 heterocycles. The van der Waals surface area contributed by atoms with Crippen molar-refractivity contribution < 1.29 is 0 Å². The number of hydrogen-bond donors (Lipinski definition) is 1. The van der Waals surface area contributed by atoms with Gasteiger partial charge in [-0.2, -0.15) is 0 Å². The van der Waals surface area contributed by atoms with Gasteiger partial charge in [0, 0.05) is 18.1 Å². The van der Waals surface area contributed by atoms with Gasteiger partial charge in [0.1, 0.15) is 0 Å². The van der Waals surface area contributed by atoms with Crippen molar-refractivity contribution in [3.05, 3.63) is 0 Å². The summed E-state index contributed by atoms with van der Waals surface area (Å²) in [5.74, 6) is 0. The van der Waals surface area contributed by atoms with Gasteiger partial charge in [-0.15, -0.1) is 0 Å². The van der Waals surface area contributed by atoms with Gasteiger partial charge in [-0.05, 0) is 41.3 Å². The van der Waals surface area contributed by atoms with E-state index >= 15 is 0 Å². The van der Waals surface area contributed by atoms with Crippen LogP contribution in [-0.4, -0.2) is 37.1 Å². The first kappa shape index (κ1) is 11.9. The minimum atomic E-state index is 0.325. The van der Waals surface area contributed by atoms with Gasteiger partial charge in [-0.3, -0.25) is 4.90 Å². The van der Waals surface area contributed by atoms with Crippen LogP contribution in [0.5, 0.6) is 0 Å². The second kappa shape index (κ2) is 4.83. The van der Waals surface area contributed by atoms with Crippen LogP contribution in [0, 0.1) is 0 Å². The first-order valence-corrected chi connectivity index (χ1v) is 4.82. The molecule has 1 unspecified atom stereocenters. The Bertz CT molecular complexity index is 121. The Morgan fingerprint density at radius 1 is 1.42 bits per heavy atom. The summed E-state index contributed by atoms with van der Waals surface area (Å²) in [4.78, 5) is 2.41. The third-order valence-electron chi connectivity index (χ3n) is 2.94. The van der Waals surface area contributed by atoms with E-state index in [-0.39, 0.29) is 0 Å². The summed E-state index contributed by atoms with van der Waals surface area (Å²) < 4.78 is 0. The summed E-state index contributed by atoms with van der Waals surface area (Å²) in [5, 5.41) is 3.25. The molecule has 0 aliphatic carbocycles. The molecule has 0 spiro atoms. The van der Waals surface area contributed by atoms with Gasteiger partial charge in [0.2, 0.25) is 0 Å². The predicted octanol–water partition coefficient (Wildman–Crippen LogP) is 1.71. The Morgan fingerprint density at radius 3 is 2.25 bits per heavy atom. The summed E-state index contributed by atoms with van der Waals surface area (Å²) >= 11 is 0. The fourth-order valence-corrected chi connectivity index (χ4v) is 1.02. The van der Waals surface area contributed by atoms with Crippen LogP contribution in [0.2, 0.25) is 0 Å². The third-order valence-corrected chi connectivity index (χ3v) is 2.94. The highest BCUT2D eigenvalue weighted by molar-refractivity contribution is 4.79. The molecule has 2 nitrogen and oxygen atoms in total. The van der Waals surface area contributed by atoms with Crippen LogP contribution < -0.4 is 5.32 Å². The minimum absolute atomic E-state index is 0.325. The normalized spacial score (nSPS) is 15.2. The van der Waals surface area contributed by atoms with Gasteiger partial charge in [-0.1, -0.05) is 6.92 Å². The lowest BCUT2D eigenvalue weighted by atomic mass is 9.99. The van der Waals surface area contributed by atoms with Gasteiger partial charge in [0.15, 0.2) is 0 Å². The fourth-order valence-electron chi connectivity index (χ4n) is 1.02. The van der Waals surface area contributed by atoms with Crippen molar-refractivity contribution in [3.63, 3.8) is 0 Å². The van der Waals surface area contributed by atoms with Crippen molar-refractivity contribution in [2.45, 2.75) is 45.7 Å². The highest BCUT2D eigenvalue weighted by Gasteiger charge is 2.21. The monoisotopic (exact) mass is 172 g/mol. The zero-order chi connectivity index (χ0) is 9.78. The zero-order valence-electron chi connectivity index (χ0n) is 9.44. The van der Waals surface area contributed by atoms with Crippen molar-refractivity contribution in [2.75, 3.05) is 20.6 Å². The van der Waals surface area contributed by atoms with Crippen molar-refractivity contribution in [1.29, 1.82) is 0 Å². The molecule has 2 heteroatoms. The van der Waals surface area contributed by atoms with E-state index in [1.54, 1.807) is 0 Å². The molecule has 0 aromatic heterocycles. The van der Waals surface area contributed by atoms with E-state index in [4.69, 9.17) is 0 Å². The van der Waals surface area contributed by atoms with Gasteiger partial charge in [0.05, 0.1) is 0 Å². The largest absolute Gasteiger partial charge is 0.316 e. The van der Waals surface area contributed by atoms with Gasteiger partial charge < -0.3 is 5.32 Å². The molecule has 12 heavy (non-hydrogen) atoms. The van der Waals surface area contributed by atoms with Crippen molar-refractivity contribution in [1.82, 2.24) is 10.2 Å². The van der Waals surface area contributed by atoms with E-state index < -0.39 is 0 Å². The number of nitrogens with zero attached hydrogens (tertiary/aromatic N) is 1. The van der Waals surface area contributed by atoms with Crippen molar-refractivity contribution >= 4 is 0 Å². The average Bonchev–Trinajstić information content (AvgIpc) is 2.04. The van der Waals surface area contributed by atoms with Crippen LogP contribution >= 0.6 is 0 Å². The lowest BCUT2D eigenvalue weighted by Crippen LogP contribution is -2.46. The van der Waals surface area contributed by atoms with E-state index in [9.17, 15) is 0 Å². The van der Waals surface area contributed by atoms with Gasteiger partial charge >= 0.3 is 0 Å². The van der Waals surface area contributed by atoms with Gasteiger partial charge in [0.25, 0.3) is 0 Å². The number of nitrogens with one attached hydrogen (secondary N) is 1. The van der Waals surface area contributed by atoms with Crippen molar-refractivity contribution in [3.8, 4) is 0 Å². The second-order valence-corrected chi connectivity index (χ2v) is 4.24. The van der Waals surface area contributed by atoms with Crippen LogP contribution in [0.4, 0.5) is 0 Å². The third kappa shape index (κ3) is 3.55. The summed E-state index contributed by atoms with van der Waals surface area (Å²) in [7, 11) is 4.20. The smallest absolute Gasteiger partial charge is 0.0163 e. The Balaban J connectivity index is 3.93. The predicted molar refractivity (Wildman–Crippen MR) is 55.5 cm³/mol. The molecule has 0 amide bonds. The molecule has 0 aliphatic rings. The van der Waals surface area contributed by atoms with E-state index in [0.717, 1.165) is 6.54 Å². The quantitative estimate of drug-likeness (QED) is 0.679. The van der Waals surface area contributed by atoms with E-state index in [1.807, 2.05) is 7.05 Å². The van der Waals surface area contributed by atoms with Crippen LogP contribution in [0.15, 0.2) is 0 Å². The molecule has 0 aromatic carbocycles. The highest BCUT2D eigenvalue weighted by Crippen LogP contribution is 2.15. The topological polar surface area (TPSA) is 15.3 Å². The lowest BCUT2D eigenvalue weighted by molar-refractivity contribution is 0.140. The maximum absolute atomic E-state index is 3.25. The molecule has 0 rings (SSSR count). The van der Waals surface area contributed by atoms with Crippen LogP contribution in [-0.2, 0) is 0 Å². The molecule has 0 bridgehead atoms. The Kier molecular flexibility index (Phi) is 4.80. The minimum Gasteiger partial charge on any atom is -0.316 e. The van der Waals surface area contributed by atoms with E-state index in [1.165, 1.54) is 6.42 Å². The Labute approximate surface area is 77.3 Å². The molecule has 1 N–H and O–H groups in total. The summed E-state index contributed by atoms with van der Waals surface area (Å²) in [6.45, 7) is 10.1. The van der Waals surface area contributed by atoms with Crippen LogP contribution in [0.25, 0.3) is 0 Å². The average molecular weight is 172 g/mol. The summed E-state index contributed by atoms with van der Waals surface area (Å²) in [6, 6.07) is 0.570. The molecular weight excluding hydrogens is 148 g/mol. The molecule has 0 aliphatic heterocycles. The second-order valence-electron chi connectivity index (χ2n) is 4.24. The van der Waals surface area contributed by atoms with Crippen molar-refractivity contribution in [2.24, 2.45) is 0 Å². The lowest BCUT2D eigenvalue weighted by Gasteiger charge is -2.36. The molecule has 1 atom stereocenters. The molecule has 0 saturated carbocycles. The first-order valence-electron chi connectivity index (χ1n) is 4.82.